The van der Waals surface area contributed by atoms with Gasteiger partial charge in [0.15, 0.2) is 0 Å². The van der Waals surface area contributed by atoms with E-state index in [9.17, 15) is 0 Å². The average Bonchev–Trinajstić information content (AvgIpc) is 2.15. The summed E-state index contributed by atoms with van der Waals surface area (Å²) in [4.78, 5) is 0. The Morgan fingerprint density at radius 3 is 2.21 bits per heavy atom. The van der Waals surface area contributed by atoms with Gasteiger partial charge in [-0.05, 0) is 23.5 Å². The molecule has 0 aliphatic rings. The summed E-state index contributed by atoms with van der Waals surface area (Å²) < 4.78 is 0. The van der Waals surface area contributed by atoms with Crippen LogP contribution in [0.15, 0.2) is 24.3 Å². The molecular weight excluding hydrogens is 177 g/mol. The van der Waals surface area contributed by atoms with Gasteiger partial charge in [-0.3, -0.25) is 0 Å². The topological polar surface area (TPSA) is 52.5 Å². The number of hydrogen-bond donors (Lipinski definition) is 3. The predicted octanol–water partition coefficient (Wildman–Crippen LogP) is 0.434. The summed E-state index contributed by atoms with van der Waals surface area (Å²) in [5.41, 5.74) is 1.52. The van der Waals surface area contributed by atoms with Gasteiger partial charge < -0.3 is 15.4 Å². The lowest BCUT2D eigenvalue weighted by atomic mass is 9.80. The summed E-state index contributed by atoms with van der Waals surface area (Å²) in [6.07, 6.45) is 0. The molecule has 4 heteroatoms. The highest BCUT2D eigenvalue weighted by molar-refractivity contribution is 6.58. The Bertz CT molecular complexity index is 272. The zero-order chi connectivity index (χ0) is 10.6. The lowest BCUT2D eigenvalue weighted by Crippen LogP contribution is -2.29. The Kier molecular flexibility index (Phi) is 3.98. The van der Waals surface area contributed by atoms with Crippen LogP contribution in [0.5, 0.6) is 0 Å². The van der Waals surface area contributed by atoms with E-state index in [-0.39, 0.29) is 0 Å². The third kappa shape index (κ3) is 3.40. The highest BCUT2D eigenvalue weighted by atomic mass is 16.4. The molecule has 0 fully saturated rings. The van der Waals surface area contributed by atoms with Gasteiger partial charge in [0.25, 0.3) is 0 Å². The molecule has 0 atom stereocenters. The van der Waals surface area contributed by atoms with Crippen LogP contribution in [0, 0.1) is 5.92 Å². The highest BCUT2D eigenvalue weighted by Gasteiger charge is 2.09. The predicted molar refractivity (Wildman–Crippen MR) is 59.6 cm³/mol. The maximum absolute atomic E-state index is 8.87. The fraction of sp³-hybridized carbons (Fsp3) is 0.400. The second-order valence-electron chi connectivity index (χ2n) is 3.77. The molecule has 0 radical (unpaired) electrons. The van der Waals surface area contributed by atoms with Crippen LogP contribution in [0.1, 0.15) is 13.8 Å². The van der Waals surface area contributed by atoms with Crippen molar-refractivity contribution in [3.05, 3.63) is 24.3 Å². The fourth-order valence-electron chi connectivity index (χ4n) is 1.10. The Labute approximate surface area is 84.9 Å². The van der Waals surface area contributed by atoms with Gasteiger partial charge in [-0.1, -0.05) is 26.0 Å². The first-order valence-electron chi connectivity index (χ1n) is 4.79. The molecule has 3 N–H and O–H groups in total. The molecule has 0 saturated heterocycles. The third-order valence-corrected chi connectivity index (χ3v) is 1.92. The molecule has 3 nitrogen and oxygen atoms in total. The summed E-state index contributed by atoms with van der Waals surface area (Å²) >= 11 is 0. The normalized spacial score (nSPS) is 10.4. The van der Waals surface area contributed by atoms with Crippen molar-refractivity contribution in [3.63, 3.8) is 0 Å². The molecule has 0 saturated carbocycles. The van der Waals surface area contributed by atoms with E-state index < -0.39 is 7.12 Å². The van der Waals surface area contributed by atoms with Gasteiger partial charge in [0.05, 0.1) is 0 Å². The van der Waals surface area contributed by atoms with E-state index in [0.29, 0.717) is 11.4 Å². The molecule has 76 valence electrons. The molecule has 0 unspecified atom stereocenters. The fourth-order valence-corrected chi connectivity index (χ4v) is 1.10. The summed E-state index contributed by atoms with van der Waals surface area (Å²) in [5, 5.41) is 21.0. The molecule has 0 aromatic heterocycles. The maximum atomic E-state index is 8.87. The van der Waals surface area contributed by atoms with E-state index in [1.807, 2.05) is 12.1 Å². The van der Waals surface area contributed by atoms with E-state index in [4.69, 9.17) is 10.0 Å². The standard InChI is InChI=1S/C10H16BNO2/c1-8(2)7-12-10-5-3-9(4-6-10)11(13)14/h3-6,8,12-14H,7H2,1-2H3. The molecule has 0 spiro atoms. The van der Waals surface area contributed by atoms with Gasteiger partial charge >= 0.3 is 7.12 Å². The minimum atomic E-state index is -1.38. The molecule has 0 aliphatic heterocycles. The van der Waals surface area contributed by atoms with Crippen LogP contribution in [-0.2, 0) is 0 Å². The maximum Gasteiger partial charge on any atom is 0.488 e. The monoisotopic (exact) mass is 193 g/mol. The largest absolute Gasteiger partial charge is 0.488 e. The molecule has 0 heterocycles. The minimum Gasteiger partial charge on any atom is -0.423 e. The van der Waals surface area contributed by atoms with Crippen LogP contribution in [-0.4, -0.2) is 23.7 Å². The third-order valence-electron chi connectivity index (χ3n) is 1.92. The second kappa shape index (κ2) is 5.03. The molecule has 1 aromatic rings. The van der Waals surface area contributed by atoms with Crippen LogP contribution in [0.2, 0.25) is 0 Å². The van der Waals surface area contributed by atoms with Crippen molar-refractivity contribution in [3.8, 4) is 0 Å². The number of rotatable bonds is 4. The van der Waals surface area contributed by atoms with Crippen LogP contribution in [0.25, 0.3) is 0 Å². The molecule has 1 aromatic carbocycles. The first kappa shape index (κ1) is 11.1. The van der Waals surface area contributed by atoms with Crippen molar-refractivity contribution >= 4 is 18.3 Å². The minimum absolute atomic E-state index is 0.514. The van der Waals surface area contributed by atoms with Crippen LogP contribution in [0.4, 0.5) is 5.69 Å². The Balaban J connectivity index is 2.55. The molecule has 0 bridgehead atoms. The van der Waals surface area contributed by atoms with Gasteiger partial charge in [-0.2, -0.15) is 0 Å². The number of benzene rings is 1. The van der Waals surface area contributed by atoms with E-state index in [2.05, 4.69) is 19.2 Å². The van der Waals surface area contributed by atoms with Crippen molar-refractivity contribution < 1.29 is 10.0 Å². The van der Waals surface area contributed by atoms with Crippen LogP contribution >= 0.6 is 0 Å². The Morgan fingerprint density at radius 1 is 1.21 bits per heavy atom. The number of nitrogens with one attached hydrogen (secondary N) is 1. The molecule has 14 heavy (non-hydrogen) atoms. The summed E-state index contributed by atoms with van der Waals surface area (Å²) in [6.45, 7) is 5.19. The highest BCUT2D eigenvalue weighted by Crippen LogP contribution is 2.05. The zero-order valence-electron chi connectivity index (χ0n) is 8.57. The quantitative estimate of drug-likeness (QED) is 0.608. The summed E-state index contributed by atoms with van der Waals surface area (Å²) in [7, 11) is -1.38. The smallest absolute Gasteiger partial charge is 0.423 e. The second-order valence-corrected chi connectivity index (χ2v) is 3.77. The van der Waals surface area contributed by atoms with Gasteiger partial charge in [0.2, 0.25) is 0 Å². The van der Waals surface area contributed by atoms with E-state index in [0.717, 1.165) is 12.2 Å². The van der Waals surface area contributed by atoms with Gasteiger partial charge in [0.1, 0.15) is 0 Å². The molecule has 1 rings (SSSR count). The van der Waals surface area contributed by atoms with E-state index in [1.54, 1.807) is 12.1 Å². The first-order chi connectivity index (χ1) is 6.59. The first-order valence-corrected chi connectivity index (χ1v) is 4.79. The van der Waals surface area contributed by atoms with E-state index in [1.165, 1.54) is 0 Å². The SMILES string of the molecule is CC(C)CNc1ccc(B(O)O)cc1. The number of hydrogen-bond acceptors (Lipinski definition) is 3. The van der Waals surface area contributed by atoms with Gasteiger partial charge in [-0.25, -0.2) is 0 Å². The van der Waals surface area contributed by atoms with Crippen molar-refractivity contribution in [1.82, 2.24) is 0 Å². The van der Waals surface area contributed by atoms with Crippen LogP contribution in [0.3, 0.4) is 0 Å². The lowest BCUT2D eigenvalue weighted by molar-refractivity contribution is 0.426. The van der Waals surface area contributed by atoms with E-state index >= 15 is 0 Å². The zero-order valence-corrected chi connectivity index (χ0v) is 8.57. The molecule has 0 amide bonds. The summed E-state index contributed by atoms with van der Waals surface area (Å²) in [5.74, 6) is 0.595. The van der Waals surface area contributed by atoms with Crippen molar-refractivity contribution in [2.24, 2.45) is 5.92 Å². The van der Waals surface area contributed by atoms with Gasteiger partial charge in [0, 0.05) is 12.2 Å². The van der Waals surface area contributed by atoms with Crippen molar-refractivity contribution in [1.29, 1.82) is 0 Å². The van der Waals surface area contributed by atoms with Crippen molar-refractivity contribution in [2.75, 3.05) is 11.9 Å². The average molecular weight is 193 g/mol. The van der Waals surface area contributed by atoms with Crippen LogP contribution < -0.4 is 10.8 Å². The summed E-state index contributed by atoms with van der Waals surface area (Å²) in [6, 6.07) is 7.09. The molecule has 0 aliphatic carbocycles. The molecular formula is C10H16BNO2. The number of anilines is 1. The Morgan fingerprint density at radius 2 is 1.79 bits per heavy atom. The Hall–Kier alpha value is -0.995. The lowest BCUT2D eigenvalue weighted by Gasteiger charge is -2.09. The van der Waals surface area contributed by atoms with Crippen molar-refractivity contribution in [2.45, 2.75) is 13.8 Å². The van der Waals surface area contributed by atoms with Gasteiger partial charge in [-0.15, -0.1) is 0 Å².